The zero-order chi connectivity index (χ0) is 12.8. The van der Waals surface area contributed by atoms with Crippen LogP contribution in [-0.4, -0.2) is 16.7 Å². The van der Waals surface area contributed by atoms with Crippen LogP contribution in [0.15, 0.2) is 41.0 Å². The Hall–Kier alpha value is -2.10. The van der Waals surface area contributed by atoms with E-state index in [1.165, 1.54) is 12.1 Å². The first-order chi connectivity index (χ1) is 8.00. The predicted molar refractivity (Wildman–Crippen MR) is 68.1 cm³/mol. The molecule has 0 aromatic heterocycles. The molecule has 0 bridgehead atoms. The molecular weight excluding hydrogens is 216 g/mol. The number of nitrogens with one attached hydrogen (secondary N) is 1. The molecule has 0 spiro atoms. The third-order valence-corrected chi connectivity index (χ3v) is 1.98. The highest BCUT2D eigenvalue weighted by molar-refractivity contribution is 5.99. The fraction of sp³-hybridized carbons (Fsp3) is 0.231. The molecular formula is C13H16N2O2. The minimum absolute atomic E-state index is 0.0555. The van der Waals surface area contributed by atoms with Crippen molar-refractivity contribution in [3.8, 4) is 5.75 Å². The van der Waals surface area contributed by atoms with E-state index in [9.17, 15) is 9.90 Å². The molecule has 4 nitrogen and oxygen atoms in total. The average Bonchev–Trinajstić information content (AvgIpc) is 2.25. The SMILES string of the molecule is CC(C)=CC(C)=NNC(=O)c1ccccc1O. The second-order valence-corrected chi connectivity index (χ2v) is 3.93. The average molecular weight is 232 g/mol. The summed E-state index contributed by atoms with van der Waals surface area (Å²) in [6, 6.07) is 6.34. The van der Waals surface area contributed by atoms with Crippen LogP contribution >= 0.6 is 0 Å². The highest BCUT2D eigenvalue weighted by Crippen LogP contribution is 2.14. The predicted octanol–water partition coefficient (Wildman–Crippen LogP) is 2.46. The van der Waals surface area contributed by atoms with Crippen molar-refractivity contribution >= 4 is 11.6 Å². The molecule has 1 aromatic carbocycles. The summed E-state index contributed by atoms with van der Waals surface area (Å²) >= 11 is 0. The minimum atomic E-state index is -0.426. The Morgan fingerprint density at radius 1 is 1.29 bits per heavy atom. The molecule has 1 rings (SSSR count). The molecule has 0 saturated carbocycles. The van der Waals surface area contributed by atoms with Crippen molar-refractivity contribution in [2.45, 2.75) is 20.8 Å². The van der Waals surface area contributed by atoms with E-state index in [4.69, 9.17) is 0 Å². The molecule has 0 radical (unpaired) electrons. The maximum absolute atomic E-state index is 11.7. The molecule has 17 heavy (non-hydrogen) atoms. The van der Waals surface area contributed by atoms with Crippen molar-refractivity contribution in [3.05, 3.63) is 41.5 Å². The van der Waals surface area contributed by atoms with E-state index in [0.717, 1.165) is 5.57 Å². The zero-order valence-corrected chi connectivity index (χ0v) is 10.2. The van der Waals surface area contributed by atoms with Gasteiger partial charge in [-0.1, -0.05) is 17.7 Å². The molecule has 90 valence electrons. The quantitative estimate of drug-likeness (QED) is 0.621. The van der Waals surface area contributed by atoms with Gasteiger partial charge in [0, 0.05) is 0 Å². The normalized spacial score (nSPS) is 10.9. The van der Waals surface area contributed by atoms with Gasteiger partial charge in [0.1, 0.15) is 5.75 Å². The van der Waals surface area contributed by atoms with E-state index in [2.05, 4.69) is 10.5 Å². The van der Waals surface area contributed by atoms with Crippen LogP contribution in [0.25, 0.3) is 0 Å². The number of para-hydroxylation sites is 1. The zero-order valence-electron chi connectivity index (χ0n) is 10.2. The van der Waals surface area contributed by atoms with Crippen LogP contribution in [0.4, 0.5) is 0 Å². The molecule has 0 atom stereocenters. The number of allylic oxidation sites excluding steroid dienone is 2. The van der Waals surface area contributed by atoms with Crippen molar-refractivity contribution in [1.29, 1.82) is 0 Å². The van der Waals surface area contributed by atoms with E-state index < -0.39 is 5.91 Å². The Kier molecular flexibility index (Phi) is 4.46. The van der Waals surface area contributed by atoms with Gasteiger partial charge in [0.05, 0.1) is 11.3 Å². The highest BCUT2D eigenvalue weighted by atomic mass is 16.3. The Labute approximate surface area is 101 Å². The molecule has 0 aliphatic rings. The topological polar surface area (TPSA) is 61.7 Å². The second kappa shape index (κ2) is 5.84. The van der Waals surface area contributed by atoms with Crippen LogP contribution in [0.3, 0.4) is 0 Å². The number of carbonyl (C=O) groups is 1. The summed E-state index contributed by atoms with van der Waals surface area (Å²) in [5.41, 5.74) is 4.40. The van der Waals surface area contributed by atoms with Crippen LogP contribution in [0.5, 0.6) is 5.75 Å². The number of hydrazone groups is 1. The van der Waals surface area contributed by atoms with E-state index in [1.807, 2.05) is 19.9 Å². The molecule has 0 unspecified atom stereocenters. The van der Waals surface area contributed by atoms with Gasteiger partial charge in [-0.05, 0) is 39.0 Å². The molecule has 0 aliphatic carbocycles. The lowest BCUT2D eigenvalue weighted by molar-refractivity contribution is 0.0952. The maximum Gasteiger partial charge on any atom is 0.275 e. The van der Waals surface area contributed by atoms with E-state index in [0.29, 0.717) is 5.71 Å². The number of rotatable bonds is 3. The van der Waals surface area contributed by atoms with Gasteiger partial charge in [-0.3, -0.25) is 4.79 Å². The summed E-state index contributed by atoms with van der Waals surface area (Å²) < 4.78 is 0. The van der Waals surface area contributed by atoms with Gasteiger partial charge in [-0.15, -0.1) is 0 Å². The largest absolute Gasteiger partial charge is 0.507 e. The smallest absolute Gasteiger partial charge is 0.275 e. The van der Waals surface area contributed by atoms with Crippen molar-refractivity contribution < 1.29 is 9.90 Å². The third kappa shape index (κ3) is 4.10. The highest BCUT2D eigenvalue weighted by Gasteiger charge is 2.08. The van der Waals surface area contributed by atoms with Gasteiger partial charge in [-0.2, -0.15) is 5.10 Å². The number of amides is 1. The van der Waals surface area contributed by atoms with Gasteiger partial charge in [-0.25, -0.2) is 5.43 Å². The van der Waals surface area contributed by atoms with Gasteiger partial charge in [0.2, 0.25) is 0 Å². The third-order valence-electron chi connectivity index (χ3n) is 1.98. The first-order valence-corrected chi connectivity index (χ1v) is 5.28. The number of hydrogen-bond donors (Lipinski definition) is 2. The molecule has 1 amide bonds. The first kappa shape index (κ1) is 13.0. The molecule has 0 heterocycles. The second-order valence-electron chi connectivity index (χ2n) is 3.93. The number of carbonyl (C=O) groups excluding carboxylic acids is 1. The van der Waals surface area contributed by atoms with E-state index >= 15 is 0 Å². The number of benzene rings is 1. The molecule has 0 aliphatic heterocycles. The van der Waals surface area contributed by atoms with Crippen LogP contribution < -0.4 is 5.43 Å². The van der Waals surface area contributed by atoms with Gasteiger partial charge < -0.3 is 5.11 Å². The van der Waals surface area contributed by atoms with Crippen molar-refractivity contribution in [1.82, 2.24) is 5.43 Å². The summed E-state index contributed by atoms with van der Waals surface area (Å²) in [4.78, 5) is 11.7. The Bertz CT molecular complexity index is 472. The summed E-state index contributed by atoms with van der Waals surface area (Å²) in [5, 5.41) is 13.4. The molecule has 0 saturated heterocycles. The van der Waals surface area contributed by atoms with Gasteiger partial charge >= 0.3 is 0 Å². The number of aromatic hydroxyl groups is 1. The summed E-state index contributed by atoms with van der Waals surface area (Å²) in [5.74, 6) is -0.482. The minimum Gasteiger partial charge on any atom is -0.507 e. The molecule has 4 heteroatoms. The summed E-state index contributed by atoms with van der Waals surface area (Å²) in [6.45, 7) is 5.69. The van der Waals surface area contributed by atoms with Crippen molar-refractivity contribution in [2.75, 3.05) is 0 Å². The number of phenols is 1. The van der Waals surface area contributed by atoms with E-state index in [-0.39, 0.29) is 11.3 Å². The van der Waals surface area contributed by atoms with Crippen molar-refractivity contribution in [3.63, 3.8) is 0 Å². The van der Waals surface area contributed by atoms with E-state index in [1.54, 1.807) is 19.1 Å². The van der Waals surface area contributed by atoms with Gasteiger partial charge in [0.15, 0.2) is 0 Å². The Morgan fingerprint density at radius 3 is 2.53 bits per heavy atom. The molecule has 0 fully saturated rings. The monoisotopic (exact) mass is 232 g/mol. The maximum atomic E-state index is 11.7. The van der Waals surface area contributed by atoms with Crippen LogP contribution in [0, 0.1) is 0 Å². The van der Waals surface area contributed by atoms with Crippen molar-refractivity contribution in [2.24, 2.45) is 5.10 Å². The van der Waals surface area contributed by atoms with Crippen LogP contribution in [0.1, 0.15) is 31.1 Å². The first-order valence-electron chi connectivity index (χ1n) is 5.28. The molecule has 2 N–H and O–H groups in total. The van der Waals surface area contributed by atoms with Crippen LogP contribution in [0.2, 0.25) is 0 Å². The number of hydrogen-bond acceptors (Lipinski definition) is 3. The summed E-state index contributed by atoms with van der Waals surface area (Å²) in [7, 11) is 0. The number of nitrogens with zero attached hydrogens (tertiary/aromatic N) is 1. The fourth-order valence-electron chi connectivity index (χ4n) is 1.31. The molecule has 1 aromatic rings. The standard InChI is InChI=1S/C13H16N2O2/c1-9(2)8-10(3)14-15-13(17)11-6-4-5-7-12(11)16/h4-8,16H,1-3H3,(H,15,17). The lowest BCUT2D eigenvalue weighted by Crippen LogP contribution is -2.18. The Morgan fingerprint density at radius 2 is 1.94 bits per heavy atom. The fourth-order valence-corrected chi connectivity index (χ4v) is 1.31. The Balaban J connectivity index is 2.75. The van der Waals surface area contributed by atoms with Crippen LogP contribution in [-0.2, 0) is 0 Å². The summed E-state index contributed by atoms with van der Waals surface area (Å²) in [6.07, 6.45) is 1.85. The van der Waals surface area contributed by atoms with Gasteiger partial charge in [0.25, 0.3) is 5.91 Å². The number of phenolic OH excluding ortho intramolecular Hbond substituents is 1. The lowest BCUT2D eigenvalue weighted by Gasteiger charge is -2.02. The lowest BCUT2D eigenvalue weighted by atomic mass is 10.2.